The number of hydrogen-bond acceptors (Lipinski definition) is 4. The van der Waals surface area contributed by atoms with Crippen molar-refractivity contribution in [3.63, 3.8) is 0 Å². The van der Waals surface area contributed by atoms with Crippen LogP contribution in [0.3, 0.4) is 0 Å². The molecule has 1 heterocycles. The number of carboxylic acid groups (broad SMARTS) is 1. The van der Waals surface area contributed by atoms with Gasteiger partial charge in [-0.2, -0.15) is 0 Å². The molecule has 104 valence electrons. The lowest BCUT2D eigenvalue weighted by Gasteiger charge is -2.27. The van der Waals surface area contributed by atoms with Crippen LogP contribution < -0.4 is 5.32 Å². The van der Waals surface area contributed by atoms with Gasteiger partial charge in [0.15, 0.2) is 0 Å². The number of carbonyl (C=O) groups excluding carboxylic acids is 1. The second-order valence-electron chi connectivity index (χ2n) is 4.91. The third kappa shape index (κ3) is 3.32. The number of aromatic nitrogens is 1. The van der Waals surface area contributed by atoms with Crippen molar-refractivity contribution in [1.82, 2.24) is 10.3 Å². The highest BCUT2D eigenvalue weighted by molar-refractivity contribution is 7.09. The van der Waals surface area contributed by atoms with Gasteiger partial charge in [0.1, 0.15) is 0 Å². The first-order chi connectivity index (χ1) is 9.09. The lowest BCUT2D eigenvalue weighted by Crippen LogP contribution is -2.39. The number of aryl methyl sites for hydroxylation is 1. The van der Waals surface area contributed by atoms with Crippen LogP contribution in [-0.2, 0) is 16.1 Å². The lowest BCUT2D eigenvalue weighted by atomic mass is 9.79. The summed E-state index contributed by atoms with van der Waals surface area (Å²) in [6.45, 7) is 2.34. The summed E-state index contributed by atoms with van der Waals surface area (Å²) >= 11 is 1.50. The summed E-state index contributed by atoms with van der Waals surface area (Å²) in [5.41, 5.74) is 2.67. The van der Waals surface area contributed by atoms with E-state index in [1.54, 1.807) is 5.51 Å². The molecular weight excluding hydrogens is 264 g/mol. The molecular formula is C13H18N2O3S. The van der Waals surface area contributed by atoms with Crippen LogP contribution in [0.1, 0.15) is 36.3 Å². The van der Waals surface area contributed by atoms with Gasteiger partial charge in [-0.3, -0.25) is 9.59 Å². The Morgan fingerprint density at radius 1 is 1.42 bits per heavy atom. The fourth-order valence-corrected chi connectivity index (χ4v) is 3.25. The quantitative estimate of drug-likeness (QED) is 0.884. The van der Waals surface area contributed by atoms with Crippen LogP contribution in [0.4, 0.5) is 0 Å². The molecule has 1 saturated carbocycles. The van der Waals surface area contributed by atoms with Gasteiger partial charge in [-0.05, 0) is 19.8 Å². The minimum atomic E-state index is -0.853. The Kier molecular flexibility index (Phi) is 4.52. The average Bonchev–Trinajstić information content (AvgIpc) is 2.81. The molecule has 0 saturated heterocycles. The molecule has 0 aromatic carbocycles. The van der Waals surface area contributed by atoms with Crippen LogP contribution in [0.15, 0.2) is 5.51 Å². The minimum absolute atomic E-state index is 0.139. The monoisotopic (exact) mass is 282 g/mol. The van der Waals surface area contributed by atoms with Crippen molar-refractivity contribution in [3.8, 4) is 0 Å². The molecule has 1 aromatic heterocycles. The Labute approximate surface area is 116 Å². The van der Waals surface area contributed by atoms with E-state index in [2.05, 4.69) is 10.3 Å². The molecule has 0 bridgehead atoms. The third-order valence-corrected chi connectivity index (χ3v) is 4.62. The molecule has 1 aliphatic rings. The molecule has 1 aromatic rings. The molecule has 1 aliphatic carbocycles. The molecule has 2 unspecified atom stereocenters. The fraction of sp³-hybridized carbons (Fsp3) is 0.615. The number of carboxylic acids is 1. The predicted octanol–water partition coefficient (Wildman–Crippen LogP) is 1.96. The largest absolute Gasteiger partial charge is 0.481 e. The predicted molar refractivity (Wildman–Crippen MR) is 71.8 cm³/mol. The topological polar surface area (TPSA) is 79.3 Å². The van der Waals surface area contributed by atoms with Gasteiger partial charge in [-0.1, -0.05) is 12.8 Å². The van der Waals surface area contributed by atoms with Crippen LogP contribution >= 0.6 is 11.3 Å². The molecule has 6 heteroatoms. The number of amides is 1. The number of hydrogen-bond donors (Lipinski definition) is 2. The maximum atomic E-state index is 12.1. The number of nitrogens with zero attached hydrogens (tertiary/aromatic N) is 1. The summed E-state index contributed by atoms with van der Waals surface area (Å²) in [6.07, 6.45) is 3.10. The van der Waals surface area contributed by atoms with E-state index in [1.807, 2.05) is 6.92 Å². The smallest absolute Gasteiger partial charge is 0.307 e. The number of aliphatic carboxylic acids is 1. The van der Waals surface area contributed by atoms with E-state index in [1.165, 1.54) is 11.3 Å². The maximum Gasteiger partial charge on any atom is 0.307 e. The van der Waals surface area contributed by atoms with Gasteiger partial charge in [0.2, 0.25) is 5.91 Å². The first kappa shape index (κ1) is 14.0. The maximum absolute atomic E-state index is 12.1. The Balaban J connectivity index is 1.94. The summed E-state index contributed by atoms with van der Waals surface area (Å²) in [7, 11) is 0. The van der Waals surface area contributed by atoms with Crippen molar-refractivity contribution in [2.24, 2.45) is 11.8 Å². The van der Waals surface area contributed by atoms with Gasteiger partial charge >= 0.3 is 5.97 Å². The summed E-state index contributed by atoms with van der Waals surface area (Å²) in [5.74, 6) is -1.91. The van der Waals surface area contributed by atoms with Crippen molar-refractivity contribution in [2.75, 3.05) is 0 Å². The van der Waals surface area contributed by atoms with E-state index >= 15 is 0 Å². The molecule has 0 spiro atoms. The van der Waals surface area contributed by atoms with Crippen LogP contribution in [-0.4, -0.2) is 22.0 Å². The van der Waals surface area contributed by atoms with E-state index in [9.17, 15) is 9.59 Å². The first-order valence-electron chi connectivity index (χ1n) is 6.49. The van der Waals surface area contributed by atoms with Crippen LogP contribution in [0.2, 0.25) is 0 Å². The molecule has 19 heavy (non-hydrogen) atoms. The van der Waals surface area contributed by atoms with Gasteiger partial charge in [0, 0.05) is 4.88 Å². The van der Waals surface area contributed by atoms with Crippen molar-refractivity contribution in [3.05, 3.63) is 16.1 Å². The summed E-state index contributed by atoms with van der Waals surface area (Å²) < 4.78 is 0. The van der Waals surface area contributed by atoms with E-state index in [-0.39, 0.29) is 11.8 Å². The lowest BCUT2D eigenvalue weighted by molar-refractivity contribution is -0.148. The van der Waals surface area contributed by atoms with Gasteiger partial charge < -0.3 is 10.4 Å². The zero-order valence-electron chi connectivity index (χ0n) is 10.9. The van der Waals surface area contributed by atoms with Crippen LogP contribution in [0.5, 0.6) is 0 Å². The van der Waals surface area contributed by atoms with Gasteiger partial charge in [-0.15, -0.1) is 11.3 Å². The first-order valence-corrected chi connectivity index (χ1v) is 7.37. The van der Waals surface area contributed by atoms with E-state index < -0.39 is 11.9 Å². The molecule has 2 rings (SSSR count). The van der Waals surface area contributed by atoms with E-state index in [0.29, 0.717) is 19.4 Å². The minimum Gasteiger partial charge on any atom is -0.481 e. The average molecular weight is 282 g/mol. The molecule has 1 fully saturated rings. The Hall–Kier alpha value is -1.43. The number of thiazole rings is 1. The SMILES string of the molecule is Cc1ncsc1CNC(=O)C1CCCCC1C(=O)O. The Bertz CT molecular complexity index is 472. The highest BCUT2D eigenvalue weighted by Gasteiger charge is 2.35. The van der Waals surface area contributed by atoms with Crippen molar-refractivity contribution >= 4 is 23.2 Å². The molecule has 0 aliphatic heterocycles. The Morgan fingerprint density at radius 3 is 2.68 bits per heavy atom. The van der Waals surface area contributed by atoms with Gasteiger partial charge in [0.25, 0.3) is 0 Å². The zero-order valence-corrected chi connectivity index (χ0v) is 11.7. The van der Waals surface area contributed by atoms with Crippen molar-refractivity contribution in [2.45, 2.75) is 39.2 Å². The molecule has 2 N–H and O–H groups in total. The standard InChI is InChI=1S/C13H18N2O3S/c1-8-11(19-7-15-8)6-14-12(16)9-4-2-3-5-10(9)13(17)18/h7,9-10H,2-6H2,1H3,(H,14,16)(H,17,18). The molecule has 5 nitrogen and oxygen atoms in total. The fourth-order valence-electron chi connectivity index (χ4n) is 2.53. The number of carbonyl (C=O) groups is 2. The molecule has 2 atom stereocenters. The zero-order chi connectivity index (χ0) is 13.8. The van der Waals surface area contributed by atoms with Gasteiger partial charge in [-0.25, -0.2) is 4.98 Å². The number of nitrogens with one attached hydrogen (secondary N) is 1. The number of rotatable bonds is 4. The van der Waals surface area contributed by atoms with Crippen LogP contribution in [0, 0.1) is 18.8 Å². The summed E-state index contributed by atoms with van der Waals surface area (Å²) in [6, 6.07) is 0. The molecule has 1 amide bonds. The molecule has 0 radical (unpaired) electrons. The van der Waals surface area contributed by atoms with Gasteiger partial charge in [0.05, 0.1) is 29.6 Å². The second-order valence-corrected chi connectivity index (χ2v) is 5.85. The second kappa shape index (κ2) is 6.14. The van der Waals surface area contributed by atoms with Crippen molar-refractivity contribution in [1.29, 1.82) is 0 Å². The normalized spacial score (nSPS) is 23.0. The van der Waals surface area contributed by atoms with Crippen LogP contribution in [0.25, 0.3) is 0 Å². The highest BCUT2D eigenvalue weighted by Crippen LogP contribution is 2.30. The van der Waals surface area contributed by atoms with E-state index in [0.717, 1.165) is 23.4 Å². The van der Waals surface area contributed by atoms with Crippen molar-refractivity contribution < 1.29 is 14.7 Å². The Morgan fingerprint density at radius 2 is 2.11 bits per heavy atom. The highest BCUT2D eigenvalue weighted by atomic mass is 32.1. The summed E-state index contributed by atoms with van der Waals surface area (Å²) in [4.78, 5) is 28.4. The third-order valence-electron chi connectivity index (χ3n) is 3.69. The van der Waals surface area contributed by atoms with E-state index in [4.69, 9.17) is 5.11 Å². The summed E-state index contributed by atoms with van der Waals surface area (Å²) in [5, 5.41) is 12.0.